The number of rotatable bonds is 5. The van der Waals surface area contributed by atoms with E-state index < -0.39 is 5.54 Å². The molecule has 114 valence electrons. The van der Waals surface area contributed by atoms with Crippen LogP contribution in [0.4, 0.5) is 0 Å². The number of benzene rings is 1. The molecule has 0 amide bonds. The first-order valence-electron chi connectivity index (χ1n) is 7.90. The zero-order chi connectivity index (χ0) is 15.5. The van der Waals surface area contributed by atoms with Crippen LogP contribution in [0.2, 0.25) is 0 Å². The van der Waals surface area contributed by atoms with E-state index in [1.54, 1.807) is 0 Å². The quantitative estimate of drug-likeness (QED) is 0.889. The molecule has 1 aromatic carbocycles. The minimum Gasteiger partial charge on any atom is -0.490 e. The van der Waals surface area contributed by atoms with Gasteiger partial charge in [0.05, 0.1) is 6.07 Å². The van der Waals surface area contributed by atoms with Crippen LogP contribution >= 0.6 is 0 Å². The second kappa shape index (κ2) is 6.49. The van der Waals surface area contributed by atoms with Crippen LogP contribution in [-0.4, -0.2) is 17.7 Å². The van der Waals surface area contributed by atoms with Crippen molar-refractivity contribution in [3.05, 3.63) is 29.8 Å². The molecule has 0 spiro atoms. The molecular weight excluding hydrogens is 260 g/mol. The van der Waals surface area contributed by atoms with Gasteiger partial charge in [-0.25, -0.2) is 0 Å². The highest BCUT2D eigenvalue weighted by molar-refractivity contribution is 5.36. The third kappa shape index (κ3) is 3.77. The smallest absolute Gasteiger partial charge is 0.123 e. The van der Waals surface area contributed by atoms with Crippen LogP contribution in [0, 0.1) is 11.3 Å². The van der Waals surface area contributed by atoms with Gasteiger partial charge in [0, 0.05) is 12.5 Å². The van der Waals surface area contributed by atoms with Crippen molar-refractivity contribution in [1.82, 2.24) is 5.32 Å². The molecule has 2 atom stereocenters. The molecule has 2 unspecified atom stereocenters. The molecule has 0 heterocycles. The topological polar surface area (TPSA) is 45.0 Å². The summed E-state index contributed by atoms with van der Waals surface area (Å²) in [5.74, 6) is 1.41. The number of nitrogens with one attached hydrogen (secondary N) is 1. The van der Waals surface area contributed by atoms with Crippen LogP contribution in [0.15, 0.2) is 24.3 Å². The van der Waals surface area contributed by atoms with E-state index in [1.165, 1.54) is 5.56 Å². The van der Waals surface area contributed by atoms with E-state index in [0.717, 1.165) is 25.0 Å². The SMILES string of the molecule is CC(C)NC1(C#N)CCC(Oc2ccccc2C(C)C)C1. The van der Waals surface area contributed by atoms with Crippen molar-refractivity contribution in [2.45, 2.75) is 70.6 Å². The summed E-state index contributed by atoms with van der Waals surface area (Å²) in [4.78, 5) is 0. The molecule has 0 aromatic heterocycles. The predicted octanol–water partition coefficient (Wildman–Crippen LogP) is 4.00. The molecule has 1 fully saturated rings. The van der Waals surface area contributed by atoms with Crippen LogP contribution in [0.5, 0.6) is 5.75 Å². The lowest BCUT2D eigenvalue weighted by molar-refractivity contribution is 0.197. The number of para-hydroxylation sites is 1. The van der Waals surface area contributed by atoms with Crippen molar-refractivity contribution in [3.63, 3.8) is 0 Å². The highest BCUT2D eigenvalue weighted by atomic mass is 16.5. The fraction of sp³-hybridized carbons (Fsp3) is 0.611. The van der Waals surface area contributed by atoms with E-state index in [1.807, 2.05) is 12.1 Å². The molecule has 1 aliphatic carbocycles. The Morgan fingerprint density at radius 2 is 2.00 bits per heavy atom. The number of hydrogen-bond acceptors (Lipinski definition) is 3. The van der Waals surface area contributed by atoms with E-state index in [-0.39, 0.29) is 6.10 Å². The molecule has 1 aromatic rings. The van der Waals surface area contributed by atoms with E-state index >= 15 is 0 Å². The van der Waals surface area contributed by atoms with Gasteiger partial charge in [-0.05, 0) is 44.2 Å². The Kier molecular flexibility index (Phi) is 4.90. The average Bonchev–Trinajstić information content (AvgIpc) is 2.82. The summed E-state index contributed by atoms with van der Waals surface area (Å²) in [5, 5.41) is 12.9. The zero-order valence-corrected chi connectivity index (χ0v) is 13.5. The van der Waals surface area contributed by atoms with Gasteiger partial charge < -0.3 is 4.74 Å². The molecule has 1 aliphatic rings. The molecule has 3 nitrogen and oxygen atoms in total. The van der Waals surface area contributed by atoms with Crippen LogP contribution in [0.25, 0.3) is 0 Å². The minimum absolute atomic E-state index is 0.121. The average molecular weight is 286 g/mol. The standard InChI is InChI=1S/C18H26N2O/c1-13(2)16-7-5-6-8-17(16)21-15-9-10-18(11-15,12-19)20-14(3)4/h5-8,13-15,20H,9-11H2,1-4H3. The summed E-state index contributed by atoms with van der Waals surface area (Å²) in [6.07, 6.45) is 2.67. The summed E-state index contributed by atoms with van der Waals surface area (Å²) >= 11 is 0. The maximum absolute atomic E-state index is 9.52. The molecule has 0 radical (unpaired) electrons. The number of hydrogen-bond donors (Lipinski definition) is 1. The Morgan fingerprint density at radius 1 is 1.29 bits per heavy atom. The predicted molar refractivity (Wildman–Crippen MR) is 85.4 cm³/mol. The Balaban J connectivity index is 2.08. The van der Waals surface area contributed by atoms with Gasteiger partial charge in [0.2, 0.25) is 0 Å². The Hall–Kier alpha value is -1.53. The molecule has 1 N–H and O–H groups in total. The van der Waals surface area contributed by atoms with Crippen LogP contribution in [0.1, 0.15) is 58.4 Å². The Labute approximate surface area is 128 Å². The van der Waals surface area contributed by atoms with Crippen molar-refractivity contribution >= 4 is 0 Å². The van der Waals surface area contributed by atoms with E-state index in [9.17, 15) is 5.26 Å². The second-order valence-corrected chi connectivity index (χ2v) is 6.67. The van der Waals surface area contributed by atoms with E-state index in [2.05, 4.69) is 51.2 Å². The van der Waals surface area contributed by atoms with Crippen molar-refractivity contribution in [2.75, 3.05) is 0 Å². The minimum atomic E-state index is -0.425. The molecule has 3 heteroatoms. The number of ether oxygens (including phenoxy) is 1. The number of nitrogens with zero attached hydrogens (tertiary/aromatic N) is 1. The third-order valence-electron chi connectivity index (χ3n) is 4.08. The summed E-state index contributed by atoms with van der Waals surface area (Å²) in [6, 6.07) is 11.0. The fourth-order valence-electron chi connectivity index (χ4n) is 3.16. The molecule has 0 aliphatic heterocycles. The summed E-state index contributed by atoms with van der Waals surface area (Å²) in [7, 11) is 0. The van der Waals surface area contributed by atoms with E-state index in [4.69, 9.17) is 4.74 Å². The third-order valence-corrected chi connectivity index (χ3v) is 4.08. The summed E-state index contributed by atoms with van der Waals surface area (Å²) < 4.78 is 6.22. The lowest BCUT2D eigenvalue weighted by Gasteiger charge is -2.25. The van der Waals surface area contributed by atoms with Gasteiger partial charge >= 0.3 is 0 Å². The molecule has 0 bridgehead atoms. The van der Waals surface area contributed by atoms with Crippen molar-refractivity contribution in [3.8, 4) is 11.8 Å². The Morgan fingerprint density at radius 3 is 2.62 bits per heavy atom. The van der Waals surface area contributed by atoms with Crippen LogP contribution in [0.3, 0.4) is 0 Å². The first kappa shape index (κ1) is 15.9. The monoisotopic (exact) mass is 286 g/mol. The molecule has 0 saturated heterocycles. The van der Waals surface area contributed by atoms with Gasteiger partial charge in [-0.1, -0.05) is 32.0 Å². The molecule has 2 rings (SSSR count). The molecular formula is C18H26N2O. The maximum Gasteiger partial charge on any atom is 0.123 e. The lowest BCUT2D eigenvalue weighted by atomic mass is 9.98. The van der Waals surface area contributed by atoms with Gasteiger partial charge in [-0.3, -0.25) is 5.32 Å². The van der Waals surface area contributed by atoms with E-state index in [0.29, 0.717) is 12.0 Å². The maximum atomic E-state index is 9.52. The van der Waals surface area contributed by atoms with Crippen molar-refractivity contribution in [1.29, 1.82) is 5.26 Å². The second-order valence-electron chi connectivity index (χ2n) is 6.67. The van der Waals surface area contributed by atoms with Crippen molar-refractivity contribution < 1.29 is 4.74 Å². The molecule has 1 saturated carbocycles. The van der Waals surface area contributed by atoms with Gasteiger partial charge in [-0.15, -0.1) is 0 Å². The first-order valence-corrected chi connectivity index (χ1v) is 7.90. The van der Waals surface area contributed by atoms with Gasteiger partial charge in [0.25, 0.3) is 0 Å². The van der Waals surface area contributed by atoms with Gasteiger partial charge in [0.15, 0.2) is 0 Å². The number of nitriles is 1. The van der Waals surface area contributed by atoms with Gasteiger partial charge in [-0.2, -0.15) is 5.26 Å². The zero-order valence-electron chi connectivity index (χ0n) is 13.5. The highest BCUT2D eigenvalue weighted by Gasteiger charge is 2.41. The molecule has 21 heavy (non-hydrogen) atoms. The normalized spacial score (nSPS) is 25.3. The van der Waals surface area contributed by atoms with Crippen LogP contribution < -0.4 is 10.1 Å². The van der Waals surface area contributed by atoms with Gasteiger partial charge in [0.1, 0.15) is 17.4 Å². The first-order chi connectivity index (χ1) is 9.96. The Bertz CT molecular complexity index is 518. The lowest BCUT2D eigenvalue weighted by Crippen LogP contribution is -2.46. The van der Waals surface area contributed by atoms with Crippen LogP contribution in [-0.2, 0) is 0 Å². The van der Waals surface area contributed by atoms with Crippen molar-refractivity contribution in [2.24, 2.45) is 0 Å². The summed E-state index contributed by atoms with van der Waals surface area (Å²) in [6.45, 7) is 8.52. The fourth-order valence-corrected chi connectivity index (χ4v) is 3.16. The highest BCUT2D eigenvalue weighted by Crippen LogP contribution is 2.35. The summed E-state index contributed by atoms with van der Waals surface area (Å²) in [5.41, 5.74) is 0.815. The largest absolute Gasteiger partial charge is 0.490 e.